The summed E-state index contributed by atoms with van der Waals surface area (Å²) in [5, 5.41) is 9.47. The highest BCUT2D eigenvalue weighted by molar-refractivity contribution is 5.94. The Morgan fingerprint density at radius 1 is 1.47 bits per heavy atom. The van der Waals surface area contributed by atoms with Crippen molar-refractivity contribution in [3.63, 3.8) is 0 Å². The molecule has 0 aliphatic carbocycles. The Balaban J connectivity index is 2.69. The number of anilines is 1. The summed E-state index contributed by atoms with van der Waals surface area (Å²) < 4.78 is 9.54. The molecule has 0 atom stereocenters. The fraction of sp³-hybridized carbons (Fsp3) is 0.300. The lowest BCUT2D eigenvalue weighted by molar-refractivity contribution is 0.0385. The molecule has 1 aromatic rings. The minimum absolute atomic E-state index is 0.0612. The van der Waals surface area contributed by atoms with Crippen LogP contribution in [0.25, 0.3) is 0 Å². The van der Waals surface area contributed by atoms with Gasteiger partial charge in [-0.25, -0.2) is 4.79 Å². The van der Waals surface area contributed by atoms with Gasteiger partial charge in [-0.05, 0) is 12.1 Å². The number of hydrogen-bond acceptors (Lipinski definition) is 5. The first-order valence-corrected chi connectivity index (χ1v) is 4.40. The molecular weight excluding hydrogens is 198 g/mol. The van der Waals surface area contributed by atoms with Crippen molar-refractivity contribution in [1.29, 1.82) is 0 Å². The van der Waals surface area contributed by atoms with Crippen molar-refractivity contribution in [3.05, 3.63) is 23.8 Å². The summed E-state index contributed by atoms with van der Waals surface area (Å²) in [6.45, 7) is 0.457. The van der Waals surface area contributed by atoms with Gasteiger partial charge in [0.1, 0.15) is 12.2 Å². The standard InChI is InChI=1S/C10H13NO4/c1-14-5-6-15-10(13)7-3-2-4-8(11)9(7)12/h2-4,12H,5-6,11H2,1H3. The highest BCUT2D eigenvalue weighted by Crippen LogP contribution is 2.24. The van der Waals surface area contributed by atoms with Crippen molar-refractivity contribution < 1.29 is 19.4 Å². The van der Waals surface area contributed by atoms with E-state index in [4.69, 9.17) is 15.2 Å². The minimum Gasteiger partial charge on any atom is -0.505 e. The van der Waals surface area contributed by atoms with Gasteiger partial charge in [-0.2, -0.15) is 0 Å². The smallest absolute Gasteiger partial charge is 0.342 e. The molecule has 0 spiro atoms. The maximum absolute atomic E-state index is 11.4. The zero-order valence-corrected chi connectivity index (χ0v) is 8.40. The number of benzene rings is 1. The molecule has 0 aromatic heterocycles. The van der Waals surface area contributed by atoms with E-state index in [9.17, 15) is 9.90 Å². The second kappa shape index (κ2) is 5.21. The molecule has 0 bridgehead atoms. The van der Waals surface area contributed by atoms with Gasteiger partial charge in [0.15, 0.2) is 5.75 Å². The van der Waals surface area contributed by atoms with Crippen molar-refractivity contribution in [2.75, 3.05) is 26.1 Å². The molecule has 0 aliphatic rings. The van der Waals surface area contributed by atoms with Crippen molar-refractivity contribution >= 4 is 11.7 Å². The van der Waals surface area contributed by atoms with E-state index in [1.807, 2.05) is 0 Å². The van der Waals surface area contributed by atoms with Crippen molar-refractivity contribution in [2.45, 2.75) is 0 Å². The van der Waals surface area contributed by atoms with Gasteiger partial charge in [-0.1, -0.05) is 6.07 Å². The first kappa shape index (κ1) is 11.3. The molecule has 1 rings (SSSR count). The summed E-state index contributed by atoms with van der Waals surface area (Å²) in [5.41, 5.74) is 5.64. The molecule has 0 saturated carbocycles. The maximum Gasteiger partial charge on any atom is 0.342 e. The third kappa shape index (κ3) is 2.85. The van der Waals surface area contributed by atoms with Gasteiger partial charge in [0.25, 0.3) is 0 Å². The number of hydrogen-bond donors (Lipinski definition) is 2. The Morgan fingerprint density at radius 2 is 2.20 bits per heavy atom. The number of methoxy groups -OCH3 is 1. The van der Waals surface area contributed by atoms with Gasteiger partial charge in [-0.3, -0.25) is 0 Å². The zero-order valence-electron chi connectivity index (χ0n) is 8.40. The summed E-state index contributed by atoms with van der Waals surface area (Å²) in [7, 11) is 1.51. The Labute approximate surface area is 87.4 Å². The molecule has 1 aromatic carbocycles. The number of para-hydroxylation sites is 1. The number of ether oxygens (including phenoxy) is 2. The molecular formula is C10H13NO4. The number of aromatic hydroxyl groups is 1. The SMILES string of the molecule is COCCOC(=O)c1cccc(N)c1O. The summed E-state index contributed by atoms with van der Waals surface area (Å²) in [4.78, 5) is 11.4. The molecule has 3 N–H and O–H groups in total. The third-order valence-corrected chi connectivity index (χ3v) is 1.81. The van der Waals surface area contributed by atoms with Crippen molar-refractivity contribution in [2.24, 2.45) is 0 Å². The predicted octanol–water partition coefficient (Wildman–Crippen LogP) is 0.778. The Hall–Kier alpha value is -1.75. The molecule has 82 valence electrons. The van der Waals surface area contributed by atoms with Crippen LogP contribution in [0.5, 0.6) is 5.75 Å². The van der Waals surface area contributed by atoms with Crippen LogP contribution in [0.2, 0.25) is 0 Å². The summed E-state index contributed by atoms with van der Waals surface area (Å²) in [6, 6.07) is 4.52. The summed E-state index contributed by atoms with van der Waals surface area (Å²) >= 11 is 0. The first-order chi connectivity index (χ1) is 7.16. The molecule has 0 aliphatic heterocycles. The third-order valence-electron chi connectivity index (χ3n) is 1.81. The van der Waals surface area contributed by atoms with E-state index in [-0.39, 0.29) is 23.6 Å². The van der Waals surface area contributed by atoms with Crippen LogP contribution in [-0.4, -0.2) is 31.4 Å². The van der Waals surface area contributed by atoms with E-state index in [2.05, 4.69) is 0 Å². The van der Waals surface area contributed by atoms with Gasteiger partial charge < -0.3 is 20.3 Å². The lowest BCUT2D eigenvalue weighted by atomic mass is 10.2. The Kier molecular flexibility index (Phi) is 3.93. The molecule has 0 heterocycles. The molecule has 0 amide bonds. The zero-order chi connectivity index (χ0) is 11.3. The number of rotatable bonds is 4. The second-order valence-electron chi connectivity index (χ2n) is 2.87. The van der Waals surface area contributed by atoms with Crippen molar-refractivity contribution in [1.82, 2.24) is 0 Å². The number of phenols is 1. The average Bonchev–Trinajstić information content (AvgIpc) is 2.22. The van der Waals surface area contributed by atoms with E-state index in [0.29, 0.717) is 6.61 Å². The molecule has 0 radical (unpaired) electrons. The van der Waals surface area contributed by atoms with Crippen LogP contribution < -0.4 is 5.73 Å². The van der Waals surface area contributed by atoms with Crippen molar-refractivity contribution in [3.8, 4) is 5.75 Å². The van der Waals surface area contributed by atoms with Crippen LogP contribution in [-0.2, 0) is 9.47 Å². The van der Waals surface area contributed by atoms with E-state index < -0.39 is 5.97 Å². The van der Waals surface area contributed by atoms with Gasteiger partial charge in [0.05, 0.1) is 12.3 Å². The molecule has 0 fully saturated rings. The van der Waals surface area contributed by atoms with Crippen LogP contribution >= 0.6 is 0 Å². The number of carbonyl (C=O) groups is 1. The number of nitrogens with two attached hydrogens (primary N) is 1. The Morgan fingerprint density at radius 3 is 2.87 bits per heavy atom. The van der Waals surface area contributed by atoms with E-state index in [0.717, 1.165) is 0 Å². The van der Waals surface area contributed by atoms with Gasteiger partial charge in [-0.15, -0.1) is 0 Å². The highest BCUT2D eigenvalue weighted by Gasteiger charge is 2.13. The normalized spacial score (nSPS) is 9.93. The van der Waals surface area contributed by atoms with Crippen LogP contribution in [0.15, 0.2) is 18.2 Å². The number of phenolic OH excluding ortho intramolecular Hbond substituents is 1. The molecule has 0 unspecified atom stereocenters. The second-order valence-corrected chi connectivity index (χ2v) is 2.87. The van der Waals surface area contributed by atoms with E-state index in [1.54, 1.807) is 6.07 Å². The molecule has 15 heavy (non-hydrogen) atoms. The largest absolute Gasteiger partial charge is 0.505 e. The van der Waals surface area contributed by atoms with Gasteiger partial charge >= 0.3 is 5.97 Å². The lowest BCUT2D eigenvalue weighted by Gasteiger charge is -2.06. The van der Waals surface area contributed by atoms with Gasteiger partial charge in [0.2, 0.25) is 0 Å². The van der Waals surface area contributed by atoms with E-state index >= 15 is 0 Å². The monoisotopic (exact) mass is 211 g/mol. The molecule has 0 saturated heterocycles. The fourth-order valence-corrected chi connectivity index (χ4v) is 1.02. The van der Waals surface area contributed by atoms with Crippen LogP contribution in [0.4, 0.5) is 5.69 Å². The predicted molar refractivity (Wildman–Crippen MR) is 54.7 cm³/mol. The van der Waals surface area contributed by atoms with Crippen LogP contribution in [0.3, 0.4) is 0 Å². The minimum atomic E-state index is -0.614. The highest BCUT2D eigenvalue weighted by atomic mass is 16.6. The van der Waals surface area contributed by atoms with Crippen LogP contribution in [0, 0.1) is 0 Å². The average molecular weight is 211 g/mol. The molecule has 5 nitrogen and oxygen atoms in total. The summed E-state index contributed by atoms with van der Waals surface area (Å²) in [5.74, 6) is -0.864. The lowest BCUT2D eigenvalue weighted by Crippen LogP contribution is -2.10. The number of esters is 1. The maximum atomic E-state index is 11.4. The number of carbonyl (C=O) groups excluding carboxylic acids is 1. The first-order valence-electron chi connectivity index (χ1n) is 4.40. The van der Waals surface area contributed by atoms with Gasteiger partial charge in [0, 0.05) is 7.11 Å². The Bertz CT molecular complexity index is 351. The quantitative estimate of drug-likeness (QED) is 0.333. The number of nitrogen functional groups attached to an aromatic ring is 1. The molecule has 5 heteroatoms. The topological polar surface area (TPSA) is 81.8 Å². The van der Waals surface area contributed by atoms with Crippen LogP contribution in [0.1, 0.15) is 10.4 Å². The fourth-order valence-electron chi connectivity index (χ4n) is 1.02. The van der Waals surface area contributed by atoms with E-state index in [1.165, 1.54) is 19.2 Å². The summed E-state index contributed by atoms with van der Waals surface area (Å²) in [6.07, 6.45) is 0.